The smallest absolute Gasteiger partial charge is 0.203 e. The third kappa shape index (κ3) is 2.94. The molecule has 0 saturated carbocycles. The van der Waals surface area contributed by atoms with E-state index in [9.17, 15) is 13.5 Å². The van der Waals surface area contributed by atoms with Gasteiger partial charge < -0.3 is 19.3 Å². The zero-order chi connectivity index (χ0) is 15.7. The van der Waals surface area contributed by atoms with E-state index >= 15 is 0 Å². The first-order valence-electron chi connectivity index (χ1n) is 6.59. The maximum atomic E-state index is 11.6. The Labute approximate surface area is 124 Å². The van der Waals surface area contributed by atoms with Crippen LogP contribution in [0, 0.1) is 0 Å². The van der Waals surface area contributed by atoms with E-state index in [1.165, 1.54) is 21.3 Å². The van der Waals surface area contributed by atoms with E-state index in [-0.39, 0.29) is 24.3 Å². The van der Waals surface area contributed by atoms with Crippen molar-refractivity contribution in [2.75, 3.05) is 32.8 Å². The Kier molecular flexibility index (Phi) is 4.34. The summed E-state index contributed by atoms with van der Waals surface area (Å²) >= 11 is 0. The molecule has 0 atom stereocenters. The van der Waals surface area contributed by atoms with E-state index in [4.69, 9.17) is 14.2 Å². The Balaban J connectivity index is 2.49. The van der Waals surface area contributed by atoms with Crippen molar-refractivity contribution < 1.29 is 27.7 Å². The molecule has 1 aliphatic rings. The van der Waals surface area contributed by atoms with Crippen molar-refractivity contribution in [1.82, 2.24) is 0 Å². The van der Waals surface area contributed by atoms with Crippen LogP contribution in [0.4, 0.5) is 0 Å². The van der Waals surface area contributed by atoms with Crippen molar-refractivity contribution in [3.05, 3.63) is 17.7 Å². The topological polar surface area (TPSA) is 82.1 Å². The predicted octanol–water partition coefficient (Wildman–Crippen LogP) is 1.11. The SMILES string of the molecule is COc1ccc(C2(O)CCS(=O)(=O)CC2)c(OC)c1OC. The first-order chi connectivity index (χ1) is 9.87. The van der Waals surface area contributed by atoms with Gasteiger partial charge in [-0.1, -0.05) is 0 Å². The lowest BCUT2D eigenvalue weighted by Crippen LogP contribution is -2.37. The third-order valence-corrected chi connectivity index (χ3v) is 5.51. The summed E-state index contributed by atoms with van der Waals surface area (Å²) in [6.07, 6.45) is 0.280. The van der Waals surface area contributed by atoms with E-state index in [2.05, 4.69) is 0 Å². The van der Waals surface area contributed by atoms with E-state index in [1.54, 1.807) is 12.1 Å². The highest BCUT2D eigenvalue weighted by molar-refractivity contribution is 7.91. The molecule has 21 heavy (non-hydrogen) atoms. The molecule has 0 aromatic heterocycles. The molecular weight excluding hydrogens is 296 g/mol. The van der Waals surface area contributed by atoms with Gasteiger partial charge in [0.1, 0.15) is 0 Å². The van der Waals surface area contributed by atoms with Crippen LogP contribution in [-0.4, -0.2) is 46.4 Å². The lowest BCUT2D eigenvalue weighted by molar-refractivity contribution is 0.0236. The van der Waals surface area contributed by atoms with Crippen molar-refractivity contribution in [2.45, 2.75) is 18.4 Å². The lowest BCUT2D eigenvalue weighted by Gasteiger charge is -2.33. The summed E-state index contributed by atoms with van der Waals surface area (Å²) in [7, 11) is 1.41. The largest absolute Gasteiger partial charge is 0.493 e. The van der Waals surface area contributed by atoms with Gasteiger partial charge in [0.15, 0.2) is 21.3 Å². The highest BCUT2D eigenvalue weighted by atomic mass is 32.2. The Morgan fingerprint density at radius 1 is 1.00 bits per heavy atom. The number of methoxy groups -OCH3 is 3. The maximum absolute atomic E-state index is 11.6. The van der Waals surface area contributed by atoms with Crippen LogP contribution in [0.2, 0.25) is 0 Å². The molecule has 1 aliphatic heterocycles. The Bertz CT molecular complexity index is 609. The molecule has 118 valence electrons. The van der Waals surface area contributed by atoms with Crippen molar-refractivity contribution >= 4 is 9.84 Å². The summed E-state index contributed by atoms with van der Waals surface area (Å²) in [5.41, 5.74) is -0.714. The Morgan fingerprint density at radius 2 is 1.57 bits per heavy atom. The minimum Gasteiger partial charge on any atom is -0.493 e. The Morgan fingerprint density at radius 3 is 2.05 bits per heavy atom. The van der Waals surface area contributed by atoms with Gasteiger partial charge in [-0.05, 0) is 25.0 Å². The molecule has 0 unspecified atom stereocenters. The molecule has 1 heterocycles. The fraction of sp³-hybridized carbons (Fsp3) is 0.571. The van der Waals surface area contributed by atoms with Crippen LogP contribution in [-0.2, 0) is 15.4 Å². The van der Waals surface area contributed by atoms with E-state index in [0.29, 0.717) is 22.8 Å². The second-order valence-electron chi connectivity index (χ2n) is 5.07. The number of sulfone groups is 1. The standard InChI is InChI=1S/C14H20O6S/c1-18-11-5-4-10(12(19-2)13(11)20-3)14(15)6-8-21(16,17)9-7-14/h4-5,15H,6-9H2,1-3H3. The van der Waals surface area contributed by atoms with Crippen LogP contribution in [0.1, 0.15) is 18.4 Å². The monoisotopic (exact) mass is 316 g/mol. The number of hydrogen-bond donors (Lipinski definition) is 1. The predicted molar refractivity (Wildman–Crippen MR) is 77.9 cm³/mol. The molecule has 6 nitrogen and oxygen atoms in total. The highest BCUT2D eigenvalue weighted by Crippen LogP contribution is 2.46. The van der Waals surface area contributed by atoms with E-state index in [0.717, 1.165) is 0 Å². The second kappa shape index (κ2) is 5.73. The first-order valence-corrected chi connectivity index (χ1v) is 8.41. The van der Waals surface area contributed by atoms with Crippen molar-refractivity contribution in [2.24, 2.45) is 0 Å². The van der Waals surface area contributed by atoms with Gasteiger partial charge in [0.25, 0.3) is 0 Å². The van der Waals surface area contributed by atoms with Crippen LogP contribution in [0.3, 0.4) is 0 Å². The molecule has 1 aromatic rings. The van der Waals surface area contributed by atoms with E-state index < -0.39 is 15.4 Å². The molecule has 1 saturated heterocycles. The average molecular weight is 316 g/mol. The molecule has 0 spiro atoms. The number of ether oxygens (including phenoxy) is 3. The highest BCUT2D eigenvalue weighted by Gasteiger charge is 2.40. The molecule has 0 bridgehead atoms. The van der Waals surface area contributed by atoms with Crippen LogP contribution >= 0.6 is 0 Å². The summed E-state index contributed by atoms with van der Waals surface area (Å²) in [6.45, 7) is 0. The zero-order valence-corrected chi connectivity index (χ0v) is 13.2. The van der Waals surface area contributed by atoms with Gasteiger partial charge in [0.05, 0.1) is 38.4 Å². The number of hydrogen-bond acceptors (Lipinski definition) is 6. The molecule has 1 N–H and O–H groups in total. The lowest BCUT2D eigenvalue weighted by atomic mass is 9.87. The second-order valence-corrected chi connectivity index (χ2v) is 7.37. The molecule has 0 aliphatic carbocycles. The molecular formula is C14H20O6S. The maximum Gasteiger partial charge on any atom is 0.203 e. The van der Waals surface area contributed by atoms with E-state index in [1.807, 2.05) is 0 Å². The number of aliphatic hydroxyl groups is 1. The number of benzene rings is 1. The summed E-state index contributed by atoms with van der Waals surface area (Å²) < 4.78 is 39.0. The number of rotatable bonds is 4. The van der Waals surface area contributed by atoms with Crippen molar-refractivity contribution in [1.29, 1.82) is 0 Å². The average Bonchev–Trinajstić information content (AvgIpc) is 2.48. The molecule has 1 aromatic carbocycles. The molecule has 2 rings (SSSR count). The molecule has 1 fully saturated rings. The van der Waals surface area contributed by atoms with Gasteiger partial charge >= 0.3 is 0 Å². The summed E-state index contributed by atoms with van der Waals surface area (Å²) in [4.78, 5) is 0. The van der Waals surface area contributed by atoms with Crippen LogP contribution < -0.4 is 14.2 Å². The quantitative estimate of drug-likeness (QED) is 0.896. The fourth-order valence-corrected chi connectivity index (χ4v) is 4.11. The third-order valence-electron chi connectivity index (χ3n) is 3.86. The molecule has 0 radical (unpaired) electrons. The zero-order valence-electron chi connectivity index (χ0n) is 12.4. The Hall–Kier alpha value is -1.47. The van der Waals surface area contributed by atoms with Crippen LogP contribution in [0.15, 0.2) is 12.1 Å². The normalized spacial score (nSPS) is 19.8. The van der Waals surface area contributed by atoms with Crippen molar-refractivity contribution in [3.8, 4) is 17.2 Å². The molecule has 7 heteroatoms. The summed E-state index contributed by atoms with van der Waals surface area (Å²) in [6, 6.07) is 3.37. The van der Waals surface area contributed by atoms with Gasteiger partial charge in [-0.2, -0.15) is 0 Å². The molecule has 0 amide bonds. The summed E-state index contributed by atoms with van der Waals surface area (Å²) in [5.74, 6) is 1.17. The van der Waals surface area contributed by atoms with Gasteiger partial charge in [-0.3, -0.25) is 0 Å². The van der Waals surface area contributed by atoms with Gasteiger partial charge in [-0.15, -0.1) is 0 Å². The minimum absolute atomic E-state index is 0.0407. The fourth-order valence-electron chi connectivity index (χ4n) is 2.61. The van der Waals surface area contributed by atoms with Crippen LogP contribution in [0.5, 0.6) is 17.2 Å². The minimum atomic E-state index is -3.07. The van der Waals surface area contributed by atoms with Gasteiger partial charge in [0.2, 0.25) is 5.75 Å². The van der Waals surface area contributed by atoms with Crippen LogP contribution in [0.25, 0.3) is 0 Å². The van der Waals surface area contributed by atoms with Gasteiger partial charge in [0, 0.05) is 5.56 Å². The van der Waals surface area contributed by atoms with Crippen molar-refractivity contribution in [3.63, 3.8) is 0 Å². The summed E-state index contributed by atoms with van der Waals surface area (Å²) in [5, 5.41) is 10.8. The first kappa shape index (κ1) is 15.9. The van der Waals surface area contributed by atoms with Gasteiger partial charge in [-0.25, -0.2) is 8.42 Å².